The fourth-order valence-corrected chi connectivity index (χ4v) is 0.975. The normalized spacial score (nSPS) is 10.6. The van der Waals surface area contributed by atoms with Crippen LogP contribution in [0.4, 0.5) is 0 Å². The molecule has 1 unspecified atom stereocenters. The van der Waals surface area contributed by atoms with E-state index in [2.05, 4.69) is 5.92 Å². The average Bonchev–Trinajstić information content (AvgIpc) is 2.15. The first kappa shape index (κ1) is 12.8. The van der Waals surface area contributed by atoms with Crippen molar-refractivity contribution in [3.05, 3.63) is 42.3 Å². The molecule has 0 saturated heterocycles. The molecule has 0 heterocycles. The van der Waals surface area contributed by atoms with Gasteiger partial charge in [-0.25, -0.2) is 0 Å². The molecule has 3 heteroatoms. The Kier molecular flexibility index (Phi) is 5.80. The van der Waals surface area contributed by atoms with Gasteiger partial charge in [-0.05, 0) is 0 Å². The summed E-state index contributed by atoms with van der Waals surface area (Å²) >= 11 is 0. The molecule has 0 amide bonds. The van der Waals surface area contributed by atoms with Crippen LogP contribution in [0.25, 0.3) is 0 Å². The molecule has 0 aliphatic heterocycles. The van der Waals surface area contributed by atoms with Gasteiger partial charge in [0.1, 0.15) is 6.10 Å². The Bertz CT molecular complexity index is 327. The number of ether oxygens (including phenoxy) is 1. The van der Waals surface area contributed by atoms with Crippen LogP contribution in [0, 0.1) is 12.3 Å². The molecule has 0 radical (unpaired) electrons. The standard InChI is InChI=1S/C11H9O2.Li/c1-3-11(13-9(2)12)10-7-5-4-6-8-10;/h4-8,11H,2H3;/q-1;+1. The van der Waals surface area contributed by atoms with Gasteiger partial charge in [0.25, 0.3) is 0 Å². The van der Waals surface area contributed by atoms with Crippen LogP contribution >= 0.6 is 0 Å². The summed E-state index contributed by atoms with van der Waals surface area (Å²) in [5.74, 6) is 1.75. The summed E-state index contributed by atoms with van der Waals surface area (Å²) < 4.78 is 4.85. The van der Waals surface area contributed by atoms with Gasteiger partial charge in [0.15, 0.2) is 0 Å². The van der Waals surface area contributed by atoms with E-state index < -0.39 is 12.1 Å². The Hall–Kier alpha value is -1.15. The maximum absolute atomic E-state index is 10.6. The summed E-state index contributed by atoms with van der Waals surface area (Å²) in [5, 5.41) is 0. The molecule has 1 aromatic rings. The third-order valence-electron chi connectivity index (χ3n) is 1.52. The molecular weight excluding hydrogens is 171 g/mol. The third kappa shape index (κ3) is 3.71. The topological polar surface area (TPSA) is 26.3 Å². The van der Waals surface area contributed by atoms with Crippen LogP contribution < -0.4 is 18.9 Å². The molecule has 0 saturated carbocycles. The van der Waals surface area contributed by atoms with Gasteiger partial charge in [0, 0.05) is 12.5 Å². The van der Waals surface area contributed by atoms with E-state index in [9.17, 15) is 4.79 Å². The molecule has 1 atom stereocenters. The number of carbonyl (C=O) groups excluding carboxylic acids is 1. The minimum absolute atomic E-state index is 0. The van der Waals surface area contributed by atoms with Crippen LogP contribution in [0.2, 0.25) is 0 Å². The van der Waals surface area contributed by atoms with Crippen LogP contribution in [0.1, 0.15) is 18.6 Å². The number of esters is 1. The molecule has 0 aliphatic rings. The fourth-order valence-electron chi connectivity index (χ4n) is 0.975. The average molecular weight is 180 g/mol. The Balaban J connectivity index is 0.00000169. The van der Waals surface area contributed by atoms with E-state index >= 15 is 0 Å². The maximum atomic E-state index is 10.6. The summed E-state index contributed by atoms with van der Waals surface area (Å²) in [6.07, 6.45) is 6.28. The first-order chi connectivity index (χ1) is 6.24. The molecule has 2 nitrogen and oxygen atoms in total. The van der Waals surface area contributed by atoms with Gasteiger partial charge in [-0.2, -0.15) is 0 Å². The summed E-state index contributed by atoms with van der Waals surface area (Å²) in [6, 6.07) is 9.08. The number of carbonyl (C=O) groups is 1. The first-order valence-electron chi connectivity index (χ1n) is 3.88. The minimum Gasteiger partial charge on any atom is -0.690 e. The largest absolute Gasteiger partial charge is 1.00 e. The second-order valence-electron chi connectivity index (χ2n) is 2.54. The summed E-state index contributed by atoms with van der Waals surface area (Å²) in [6.45, 7) is 1.31. The molecular formula is C11H9LiO2. The van der Waals surface area contributed by atoms with Crippen molar-refractivity contribution >= 4 is 5.97 Å². The van der Waals surface area contributed by atoms with Crippen molar-refractivity contribution in [2.75, 3.05) is 0 Å². The van der Waals surface area contributed by atoms with Crippen LogP contribution in [-0.4, -0.2) is 5.97 Å². The zero-order valence-corrected chi connectivity index (χ0v) is 8.28. The summed E-state index contributed by atoms with van der Waals surface area (Å²) in [4.78, 5) is 10.6. The molecule has 66 valence electrons. The Labute approximate surface area is 95.8 Å². The monoisotopic (exact) mass is 180 g/mol. The van der Waals surface area contributed by atoms with Crippen molar-refractivity contribution in [1.82, 2.24) is 0 Å². The van der Waals surface area contributed by atoms with Crippen LogP contribution in [0.5, 0.6) is 0 Å². The molecule has 1 aromatic carbocycles. The van der Waals surface area contributed by atoms with Crippen LogP contribution in [-0.2, 0) is 9.53 Å². The van der Waals surface area contributed by atoms with E-state index in [0.717, 1.165) is 5.56 Å². The van der Waals surface area contributed by atoms with E-state index in [4.69, 9.17) is 11.2 Å². The van der Waals surface area contributed by atoms with Crippen LogP contribution in [0.3, 0.4) is 0 Å². The van der Waals surface area contributed by atoms with E-state index in [-0.39, 0.29) is 18.9 Å². The third-order valence-corrected chi connectivity index (χ3v) is 1.52. The van der Waals surface area contributed by atoms with Crippen molar-refractivity contribution in [3.8, 4) is 5.92 Å². The second kappa shape index (κ2) is 6.32. The molecule has 14 heavy (non-hydrogen) atoms. The van der Waals surface area contributed by atoms with Gasteiger partial charge in [0.05, 0.1) is 0 Å². The first-order valence-corrected chi connectivity index (χ1v) is 3.88. The molecule has 0 fully saturated rings. The Morgan fingerprint density at radius 2 is 2.00 bits per heavy atom. The molecule has 0 spiro atoms. The number of hydrogen-bond acceptors (Lipinski definition) is 2. The maximum Gasteiger partial charge on any atom is 1.00 e. The smallest absolute Gasteiger partial charge is 0.690 e. The van der Waals surface area contributed by atoms with Crippen molar-refractivity contribution in [3.63, 3.8) is 0 Å². The predicted octanol–water partition coefficient (Wildman–Crippen LogP) is -1.12. The van der Waals surface area contributed by atoms with E-state index in [0.29, 0.717) is 0 Å². The Morgan fingerprint density at radius 3 is 2.43 bits per heavy atom. The van der Waals surface area contributed by atoms with Crippen molar-refractivity contribution in [1.29, 1.82) is 0 Å². The minimum atomic E-state index is -0.682. The van der Waals surface area contributed by atoms with Gasteiger partial charge in [-0.3, -0.25) is 4.79 Å². The second-order valence-corrected chi connectivity index (χ2v) is 2.54. The summed E-state index contributed by atoms with van der Waals surface area (Å²) in [7, 11) is 0. The van der Waals surface area contributed by atoms with Crippen molar-refractivity contribution in [2.45, 2.75) is 13.0 Å². The number of hydrogen-bond donors (Lipinski definition) is 0. The zero-order chi connectivity index (χ0) is 9.68. The Morgan fingerprint density at radius 1 is 1.43 bits per heavy atom. The molecule has 0 N–H and O–H groups in total. The molecule has 0 bridgehead atoms. The van der Waals surface area contributed by atoms with Crippen molar-refractivity contribution in [2.24, 2.45) is 0 Å². The van der Waals surface area contributed by atoms with Gasteiger partial charge in [-0.15, -0.1) is 0 Å². The zero-order valence-electron chi connectivity index (χ0n) is 8.28. The van der Waals surface area contributed by atoms with Gasteiger partial charge >= 0.3 is 24.8 Å². The van der Waals surface area contributed by atoms with E-state index in [1.165, 1.54) is 6.92 Å². The quantitative estimate of drug-likeness (QED) is 0.249. The molecule has 0 aromatic heterocycles. The van der Waals surface area contributed by atoms with E-state index in [1.807, 2.05) is 18.2 Å². The fraction of sp³-hybridized carbons (Fsp3) is 0.182. The van der Waals surface area contributed by atoms with Gasteiger partial charge in [0.2, 0.25) is 0 Å². The SMILES string of the molecule is [C-]#CC(OC(C)=O)c1ccccc1.[Li+]. The van der Waals surface area contributed by atoms with Crippen LogP contribution in [0.15, 0.2) is 30.3 Å². The van der Waals surface area contributed by atoms with Gasteiger partial charge in [-0.1, -0.05) is 30.3 Å². The number of rotatable bonds is 2. The van der Waals surface area contributed by atoms with E-state index in [1.54, 1.807) is 12.1 Å². The summed E-state index contributed by atoms with van der Waals surface area (Å²) in [5.41, 5.74) is 0.757. The molecule has 1 rings (SSSR count). The van der Waals surface area contributed by atoms with Crippen molar-refractivity contribution < 1.29 is 28.4 Å². The predicted molar refractivity (Wildman–Crippen MR) is 48.1 cm³/mol. The number of benzene rings is 1. The molecule has 0 aliphatic carbocycles. The van der Waals surface area contributed by atoms with Gasteiger partial charge < -0.3 is 17.1 Å².